The zero-order valence-corrected chi connectivity index (χ0v) is 6.91. The fourth-order valence-electron chi connectivity index (χ4n) is 0.613. The Kier molecular flexibility index (Phi) is 5.03. The topological polar surface area (TPSA) is 86.6 Å². The van der Waals surface area contributed by atoms with Crippen LogP contribution in [0.5, 0.6) is 0 Å². The summed E-state index contributed by atoms with van der Waals surface area (Å²) in [6.07, 6.45) is -0.219. The van der Waals surface area contributed by atoms with E-state index in [1.54, 1.807) is 6.92 Å². The highest BCUT2D eigenvalue weighted by atomic mass is 16.4. The van der Waals surface area contributed by atoms with Crippen molar-refractivity contribution in [2.45, 2.75) is 25.8 Å². The molecule has 0 heterocycles. The summed E-state index contributed by atoms with van der Waals surface area (Å²) >= 11 is 0. The second kappa shape index (κ2) is 5.54. The van der Waals surface area contributed by atoms with Crippen LogP contribution in [0.1, 0.15) is 19.8 Å². The van der Waals surface area contributed by atoms with Gasteiger partial charge in [-0.25, -0.2) is 0 Å². The fourth-order valence-corrected chi connectivity index (χ4v) is 0.613. The van der Waals surface area contributed by atoms with Gasteiger partial charge in [-0.15, -0.1) is 0 Å². The van der Waals surface area contributed by atoms with Gasteiger partial charge in [0.2, 0.25) is 5.91 Å². The summed E-state index contributed by atoms with van der Waals surface area (Å²) in [4.78, 5) is 20.9. The predicted molar refractivity (Wildman–Crippen MR) is 41.6 cm³/mol. The molecule has 5 heteroatoms. The maximum Gasteiger partial charge on any atom is 0.303 e. The van der Waals surface area contributed by atoms with Crippen molar-refractivity contribution in [3.63, 3.8) is 0 Å². The third-order valence-corrected chi connectivity index (χ3v) is 1.25. The second-order valence-electron chi connectivity index (χ2n) is 2.54. The van der Waals surface area contributed by atoms with E-state index in [4.69, 9.17) is 10.2 Å². The number of amides is 1. The van der Waals surface area contributed by atoms with Crippen LogP contribution in [-0.2, 0) is 9.59 Å². The van der Waals surface area contributed by atoms with Gasteiger partial charge in [0.05, 0.1) is 13.0 Å². The lowest BCUT2D eigenvalue weighted by atomic mass is 10.2. The first-order valence-corrected chi connectivity index (χ1v) is 3.68. The van der Waals surface area contributed by atoms with Gasteiger partial charge in [-0.1, -0.05) is 0 Å². The fraction of sp³-hybridized carbons (Fsp3) is 0.714. The van der Waals surface area contributed by atoms with Crippen LogP contribution in [0.15, 0.2) is 0 Å². The van der Waals surface area contributed by atoms with Crippen LogP contribution >= 0.6 is 0 Å². The number of carboxylic acid groups (broad SMARTS) is 1. The van der Waals surface area contributed by atoms with Crippen molar-refractivity contribution in [3.05, 3.63) is 0 Å². The lowest BCUT2D eigenvalue weighted by Gasteiger charge is -2.09. The number of aliphatic hydroxyl groups is 1. The molecule has 5 nitrogen and oxygen atoms in total. The number of hydrogen-bond acceptors (Lipinski definition) is 3. The Balaban J connectivity index is 3.53. The molecule has 0 spiro atoms. The molecular formula is C7H13NO4. The molecule has 0 saturated heterocycles. The first-order valence-electron chi connectivity index (χ1n) is 3.68. The number of carbonyl (C=O) groups excluding carboxylic acids is 1. The molecule has 12 heavy (non-hydrogen) atoms. The van der Waals surface area contributed by atoms with Gasteiger partial charge in [-0.3, -0.25) is 9.59 Å². The van der Waals surface area contributed by atoms with Crippen LogP contribution in [-0.4, -0.2) is 34.7 Å². The quantitative estimate of drug-likeness (QED) is 0.518. The Morgan fingerprint density at radius 2 is 2.00 bits per heavy atom. The molecule has 0 aromatic carbocycles. The van der Waals surface area contributed by atoms with Gasteiger partial charge in [-0.05, 0) is 6.92 Å². The predicted octanol–water partition coefficient (Wildman–Crippen LogP) is -0.652. The minimum absolute atomic E-state index is 0.0420. The molecule has 1 atom stereocenters. The highest BCUT2D eigenvalue weighted by molar-refractivity contribution is 5.80. The summed E-state index contributed by atoms with van der Waals surface area (Å²) in [5.41, 5.74) is 0. The Morgan fingerprint density at radius 3 is 2.42 bits per heavy atom. The highest BCUT2D eigenvalue weighted by Gasteiger charge is 2.07. The molecule has 0 aromatic rings. The van der Waals surface area contributed by atoms with Gasteiger partial charge >= 0.3 is 5.97 Å². The van der Waals surface area contributed by atoms with E-state index >= 15 is 0 Å². The van der Waals surface area contributed by atoms with Crippen molar-refractivity contribution in [1.29, 1.82) is 0 Å². The third kappa shape index (κ3) is 5.67. The Labute approximate surface area is 70.4 Å². The van der Waals surface area contributed by atoms with Gasteiger partial charge in [0.1, 0.15) is 0 Å². The number of aliphatic carboxylic acids is 1. The lowest BCUT2D eigenvalue weighted by Crippen LogP contribution is -2.35. The number of rotatable bonds is 5. The summed E-state index contributed by atoms with van der Waals surface area (Å²) in [5.74, 6) is -1.35. The molecular weight excluding hydrogens is 162 g/mol. The molecule has 0 rings (SSSR count). The van der Waals surface area contributed by atoms with Gasteiger partial charge in [0, 0.05) is 12.5 Å². The first-order chi connectivity index (χ1) is 5.56. The lowest BCUT2D eigenvalue weighted by molar-refractivity contribution is -0.138. The number of nitrogens with one attached hydrogen (secondary N) is 1. The van der Waals surface area contributed by atoms with Gasteiger partial charge < -0.3 is 15.5 Å². The number of carboxylic acids is 1. The van der Waals surface area contributed by atoms with Crippen LogP contribution in [0, 0.1) is 0 Å². The van der Waals surface area contributed by atoms with Crippen LogP contribution < -0.4 is 5.32 Å². The van der Waals surface area contributed by atoms with E-state index in [0.29, 0.717) is 0 Å². The molecule has 0 unspecified atom stereocenters. The Bertz CT molecular complexity index is 169. The summed E-state index contributed by atoms with van der Waals surface area (Å²) < 4.78 is 0. The summed E-state index contributed by atoms with van der Waals surface area (Å²) in [6.45, 7) is 1.50. The number of aliphatic hydroxyl groups excluding tert-OH is 1. The largest absolute Gasteiger partial charge is 0.481 e. The van der Waals surface area contributed by atoms with Crippen molar-refractivity contribution in [1.82, 2.24) is 5.32 Å². The minimum atomic E-state index is -0.998. The van der Waals surface area contributed by atoms with Gasteiger partial charge in [0.15, 0.2) is 0 Å². The van der Waals surface area contributed by atoms with Crippen LogP contribution in [0.4, 0.5) is 0 Å². The first kappa shape index (κ1) is 10.9. The summed E-state index contributed by atoms with van der Waals surface area (Å²) in [7, 11) is 0. The van der Waals surface area contributed by atoms with Crippen LogP contribution in [0.25, 0.3) is 0 Å². The van der Waals surface area contributed by atoms with Crippen molar-refractivity contribution in [2.24, 2.45) is 0 Å². The van der Waals surface area contributed by atoms with Crippen molar-refractivity contribution < 1.29 is 19.8 Å². The zero-order valence-electron chi connectivity index (χ0n) is 6.91. The molecule has 0 fully saturated rings. The van der Waals surface area contributed by atoms with E-state index in [9.17, 15) is 9.59 Å². The maximum atomic E-state index is 10.8. The van der Waals surface area contributed by atoms with Gasteiger partial charge in [0.25, 0.3) is 0 Å². The zero-order chi connectivity index (χ0) is 9.56. The van der Waals surface area contributed by atoms with Crippen molar-refractivity contribution >= 4 is 11.9 Å². The molecule has 1 amide bonds. The minimum Gasteiger partial charge on any atom is -0.481 e. The smallest absolute Gasteiger partial charge is 0.303 e. The van der Waals surface area contributed by atoms with Crippen LogP contribution in [0.2, 0.25) is 0 Å². The van der Waals surface area contributed by atoms with E-state index < -0.39 is 5.97 Å². The van der Waals surface area contributed by atoms with E-state index in [1.165, 1.54) is 0 Å². The van der Waals surface area contributed by atoms with Crippen molar-refractivity contribution in [2.75, 3.05) is 6.61 Å². The monoisotopic (exact) mass is 175 g/mol. The van der Waals surface area contributed by atoms with E-state index in [1.807, 2.05) is 0 Å². The van der Waals surface area contributed by atoms with E-state index in [-0.39, 0.29) is 31.4 Å². The third-order valence-electron chi connectivity index (χ3n) is 1.25. The second-order valence-corrected chi connectivity index (χ2v) is 2.54. The molecule has 0 aliphatic carbocycles. The molecule has 0 saturated carbocycles. The molecule has 70 valence electrons. The molecule has 0 radical (unpaired) electrons. The molecule has 0 aliphatic heterocycles. The van der Waals surface area contributed by atoms with Crippen LogP contribution in [0.3, 0.4) is 0 Å². The summed E-state index contributed by atoms with van der Waals surface area (Å²) in [5, 5.41) is 19.2. The van der Waals surface area contributed by atoms with E-state index in [0.717, 1.165) is 0 Å². The molecule has 0 aromatic heterocycles. The SMILES string of the molecule is C[C@H](CO)NC(=O)CCC(=O)O. The Morgan fingerprint density at radius 1 is 1.42 bits per heavy atom. The van der Waals surface area contributed by atoms with Gasteiger partial charge in [-0.2, -0.15) is 0 Å². The highest BCUT2D eigenvalue weighted by Crippen LogP contribution is 1.89. The standard InChI is InChI=1S/C7H13NO4/c1-5(4-9)8-6(10)2-3-7(11)12/h5,9H,2-4H2,1H3,(H,8,10)(H,11,12)/t5-/m1/s1. The number of hydrogen-bond donors (Lipinski definition) is 3. The average molecular weight is 175 g/mol. The maximum absolute atomic E-state index is 10.8. The average Bonchev–Trinajstić information content (AvgIpc) is 2.00. The summed E-state index contributed by atoms with van der Waals surface area (Å²) in [6, 6.07) is -0.314. The van der Waals surface area contributed by atoms with Crippen molar-refractivity contribution in [3.8, 4) is 0 Å². The molecule has 3 N–H and O–H groups in total. The Hall–Kier alpha value is -1.10. The molecule has 0 bridgehead atoms. The number of carbonyl (C=O) groups is 2. The normalized spacial score (nSPS) is 12.2. The molecule has 0 aliphatic rings. The van der Waals surface area contributed by atoms with E-state index in [2.05, 4.69) is 5.32 Å².